The number of hydrogen-bond acceptors (Lipinski definition) is 5. The predicted molar refractivity (Wildman–Crippen MR) is 72.3 cm³/mol. The van der Waals surface area contributed by atoms with E-state index in [2.05, 4.69) is 20.3 Å². The summed E-state index contributed by atoms with van der Waals surface area (Å²) in [4.78, 5) is 4.01. The van der Waals surface area contributed by atoms with Crippen LogP contribution in [0.5, 0.6) is 0 Å². The molecule has 0 aliphatic heterocycles. The maximum absolute atomic E-state index is 5.29. The molecule has 3 rings (SSSR count). The van der Waals surface area contributed by atoms with E-state index in [-0.39, 0.29) is 0 Å². The first-order valence-electron chi connectivity index (χ1n) is 5.50. The van der Waals surface area contributed by atoms with Gasteiger partial charge in [-0.15, -0.1) is 5.10 Å². The Kier molecular flexibility index (Phi) is 3.03. The Morgan fingerprint density at radius 1 is 1.37 bits per heavy atom. The summed E-state index contributed by atoms with van der Waals surface area (Å²) in [6.45, 7) is 0. The van der Waals surface area contributed by atoms with E-state index in [1.54, 1.807) is 37.0 Å². The van der Waals surface area contributed by atoms with E-state index in [1.165, 1.54) is 4.68 Å². The van der Waals surface area contributed by atoms with Crippen molar-refractivity contribution in [3.05, 3.63) is 53.3 Å². The van der Waals surface area contributed by atoms with Crippen molar-refractivity contribution in [2.75, 3.05) is 0 Å². The Labute approximate surface area is 113 Å². The Bertz CT molecular complexity index is 742. The number of aromatic nitrogens is 4. The number of nitrogens with one attached hydrogen (secondary N) is 1. The van der Waals surface area contributed by atoms with Crippen molar-refractivity contribution in [3.8, 4) is 11.6 Å². The lowest BCUT2D eigenvalue weighted by atomic mass is 10.3. The third-order valence-corrected chi connectivity index (χ3v) is 2.66. The molecule has 0 fully saturated rings. The zero-order valence-corrected chi connectivity index (χ0v) is 10.5. The lowest BCUT2D eigenvalue weighted by Crippen LogP contribution is -1.94. The van der Waals surface area contributed by atoms with Crippen LogP contribution in [0.3, 0.4) is 0 Å². The van der Waals surface area contributed by atoms with Crippen LogP contribution in [-0.2, 0) is 0 Å². The summed E-state index contributed by atoms with van der Waals surface area (Å²) in [7, 11) is 0. The molecule has 1 N–H and O–H groups in total. The summed E-state index contributed by atoms with van der Waals surface area (Å²) in [5.41, 5.74) is 0.871. The highest BCUT2D eigenvalue weighted by atomic mass is 32.1. The second kappa shape index (κ2) is 4.99. The van der Waals surface area contributed by atoms with E-state index in [9.17, 15) is 0 Å². The Morgan fingerprint density at radius 3 is 3.05 bits per heavy atom. The maximum atomic E-state index is 5.29. The number of H-pyrrole nitrogens is 1. The SMILES string of the molecule is S=c1[nH]nc(-c2ccco2)n1/N=C/c1cccnc1. The van der Waals surface area contributed by atoms with Gasteiger partial charge < -0.3 is 4.42 Å². The molecule has 0 aromatic carbocycles. The zero-order chi connectivity index (χ0) is 13.1. The van der Waals surface area contributed by atoms with E-state index in [1.807, 2.05) is 12.1 Å². The van der Waals surface area contributed by atoms with E-state index >= 15 is 0 Å². The molecule has 0 aliphatic rings. The molecule has 7 heteroatoms. The van der Waals surface area contributed by atoms with Crippen molar-refractivity contribution in [1.29, 1.82) is 0 Å². The van der Waals surface area contributed by atoms with Gasteiger partial charge in [-0.25, -0.2) is 5.10 Å². The minimum absolute atomic E-state index is 0.395. The van der Waals surface area contributed by atoms with Gasteiger partial charge in [-0.1, -0.05) is 6.07 Å². The lowest BCUT2D eigenvalue weighted by Gasteiger charge is -1.96. The fraction of sp³-hybridized carbons (Fsp3) is 0. The fourth-order valence-electron chi connectivity index (χ4n) is 1.54. The molecule has 0 spiro atoms. The molecular weight excluding hydrogens is 262 g/mol. The van der Waals surface area contributed by atoms with Gasteiger partial charge in [0.05, 0.1) is 12.5 Å². The fourth-order valence-corrected chi connectivity index (χ4v) is 1.72. The third kappa shape index (κ3) is 2.36. The Morgan fingerprint density at radius 2 is 2.32 bits per heavy atom. The van der Waals surface area contributed by atoms with Gasteiger partial charge in [0.1, 0.15) is 0 Å². The summed E-state index contributed by atoms with van der Waals surface area (Å²) in [6, 6.07) is 7.31. The largest absolute Gasteiger partial charge is 0.461 e. The van der Waals surface area contributed by atoms with E-state index in [0.29, 0.717) is 16.4 Å². The van der Waals surface area contributed by atoms with Crippen LogP contribution in [0.1, 0.15) is 5.56 Å². The summed E-state index contributed by atoms with van der Waals surface area (Å²) in [5.74, 6) is 1.12. The van der Waals surface area contributed by atoms with Crippen molar-refractivity contribution in [2.24, 2.45) is 5.10 Å². The monoisotopic (exact) mass is 271 g/mol. The first kappa shape index (κ1) is 11.5. The molecule has 94 valence electrons. The second-order valence-corrected chi connectivity index (χ2v) is 4.06. The van der Waals surface area contributed by atoms with Crippen LogP contribution in [-0.4, -0.2) is 26.1 Å². The Balaban J connectivity index is 2.00. The summed E-state index contributed by atoms with van der Waals surface area (Å²) in [6.07, 6.45) is 6.64. The number of pyridine rings is 1. The molecular formula is C12H9N5OS. The average Bonchev–Trinajstić information content (AvgIpc) is 3.07. The van der Waals surface area contributed by atoms with Crippen molar-refractivity contribution in [2.45, 2.75) is 0 Å². The smallest absolute Gasteiger partial charge is 0.219 e. The van der Waals surface area contributed by atoms with Crippen molar-refractivity contribution in [1.82, 2.24) is 19.9 Å². The molecule has 0 bridgehead atoms. The first-order valence-corrected chi connectivity index (χ1v) is 5.91. The van der Waals surface area contributed by atoms with Crippen LogP contribution in [0, 0.1) is 4.77 Å². The standard InChI is InChI=1S/C12H9N5OS/c19-12-16-15-11(10-4-2-6-18-10)17(12)14-8-9-3-1-5-13-7-9/h1-8H,(H,16,19)/b14-8+. The third-order valence-electron chi connectivity index (χ3n) is 2.40. The van der Waals surface area contributed by atoms with E-state index in [0.717, 1.165) is 5.56 Å². The first-order chi connectivity index (χ1) is 9.34. The minimum Gasteiger partial charge on any atom is -0.461 e. The quantitative estimate of drug-likeness (QED) is 0.586. The number of hydrogen-bond donors (Lipinski definition) is 1. The number of rotatable bonds is 3. The molecule has 3 aromatic rings. The Hall–Kier alpha value is -2.54. The molecule has 0 unspecified atom stereocenters. The van der Waals surface area contributed by atoms with Gasteiger partial charge in [-0.05, 0) is 30.4 Å². The number of nitrogens with zero attached hydrogens (tertiary/aromatic N) is 4. The van der Waals surface area contributed by atoms with Crippen molar-refractivity contribution < 1.29 is 4.42 Å². The highest BCUT2D eigenvalue weighted by molar-refractivity contribution is 7.71. The highest BCUT2D eigenvalue weighted by Crippen LogP contribution is 2.17. The molecule has 0 saturated carbocycles. The van der Waals surface area contributed by atoms with Crippen LogP contribution in [0.2, 0.25) is 0 Å². The van der Waals surface area contributed by atoms with Gasteiger partial charge >= 0.3 is 0 Å². The highest BCUT2D eigenvalue weighted by Gasteiger charge is 2.10. The molecule has 0 aliphatic carbocycles. The number of aromatic amines is 1. The molecule has 6 nitrogen and oxygen atoms in total. The van der Waals surface area contributed by atoms with Crippen LogP contribution in [0.25, 0.3) is 11.6 Å². The van der Waals surface area contributed by atoms with Crippen LogP contribution in [0.4, 0.5) is 0 Å². The molecule has 0 amide bonds. The van der Waals surface area contributed by atoms with Gasteiger partial charge in [0, 0.05) is 18.0 Å². The van der Waals surface area contributed by atoms with Gasteiger partial charge in [-0.2, -0.15) is 9.78 Å². The average molecular weight is 271 g/mol. The van der Waals surface area contributed by atoms with E-state index < -0.39 is 0 Å². The van der Waals surface area contributed by atoms with Crippen molar-refractivity contribution in [3.63, 3.8) is 0 Å². The zero-order valence-electron chi connectivity index (χ0n) is 9.72. The topological polar surface area (TPSA) is 72.0 Å². The van der Waals surface area contributed by atoms with Crippen LogP contribution in [0.15, 0.2) is 52.4 Å². The van der Waals surface area contributed by atoms with Gasteiger partial charge in [0.25, 0.3) is 0 Å². The van der Waals surface area contributed by atoms with Crippen LogP contribution < -0.4 is 0 Å². The number of furan rings is 1. The molecule has 3 aromatic heterocycles. The summed E-state index contributed by atoms with van der Waals surface area (Å²) < 4.78 is 7.19. The van der Waals surface area contributed by atoms with Gasteiger partial charge in [-0.3, -0.25) is 4.98 Å². The predicted octanol–water partition coefficient (Wildman–Crippen LogP) is 2.48. The van der Waals surface area contributed by atoms with Crippen LogP contribution >= 0.6 is 12.2 Å². The second-order valence-electron chi connectivity index (χ2n) is 3.67. The normalized spacial score (nSPS) is 11.2. The van der Waals surface area contributed by atoms with Crippen molar-refractivity contribution >= 4 is 18.4 Å². The van der Waals surface area contributed by atoms with Gasteiger partial charge in [0.2, 0.25) is 10.6 Å². The van der Waals surface area contributed by atoms with Gasteiger partial charge in [0.15, 0.2) is 5.76 Å². The molecule has 19 heavy (non-hydrogen) atoms. The molecule has 0 saturated heterocycles. The summed E-state index contributed by atoms with van der Waals surface area (Å²) in [5, 5.41) is 11.1. The van der Waals surface area contributed by atoms with E-state index in [4.69, 9.17) is 16.6 Å². The molecule has 3 heterocycles. The minimum atomic E-state index is 0.395. The lowest BCUT2D eigenvalue weighted by molar-refractivity contribution is 0.573. The summed E-state index contributed by atoms with van der Waals surface area (Å²) >= 11 is 5.14. The molecule has 0 radical (unpaired) electrons. The maximum Gasteiger partial charge on any atom is 0.219 e. The molecule has 0 atom stereocenters.